The number of rotatable bonds is 4. The van der Waals surface area contributed by atoms with Crippen molar-refractivity contribution in [3.05, 3.63) is 28.5 Å². The van der Waals surface area contributed by atoms with Crippen molar-refractivity contribution in [1.29, 1.82) is 0 Å². The van der Waals surface area contributed by atoms with Gasteiger partial charge in [0.2, 0.25) is 0 Å². The minimum absolute atomic E-state index is 0.0487. The predicted octanol–water partition coefficient (Wildman–Crippen LogP) is 3.66. The van der Waals surface area contributed by atoms with Crippen molar-refractivity contribution in [2.45, 2.75) is 25.3 Å². The Labute approximate surface area is 124 Å². The number of hydrogen-bond acceptors (Lipinski definition) is 3. The van der Waals surface area contributed by atoms with Crippen LogP contribution in [-0.2, 0) is 15.4 Å². The molecule has 102 valence electrons. The molecule has 2 aromatic rings. The van der Waals surface area contributed by atoms with Crippen LogP contribution in [-0.4, -0.2) is 22.6 Å². The first kappa shape index (κ1) is 14.3. The third-order valence-corrected chi connectivity index (χ3v) is 3.71. The number of ether oxygens (including phenoxy) is 1. The number of carbonyl (C=O) groups excluding carboxylic acids is 1. The number of hydrogen-bond donors (Lipinski definition) is 0. The van der Waals surface area contributed by atoms with Crippen LogP contribution in [0.3, 0.4) is 0 Å². The normalized spacial score (nSPS) is 12.6. The Bertz CT molecular complexity index is 612. The zero-order valence-electron chi connectivity index (χ0n) is 10.7. The van der Waals surface area contributed by atoms with Gasteiger partial charge >= 0.3 is 5.97 Å². The van der Waals surface area contributed by atoms with E-state index in [2.05, 4.69) is 20.9 Å². The van der Waals surface area contributed by atoms with Crippen LogP contribution in [0.15, 0.2) is 22.7 Å². The number of benzene rings is 1. The quantitative estimate of drug-likeness (QED) is 0.627. The van der Waals surface area contributed by atoms with Gasteiger partial charge in [-0.1, -0.05) is 15.9 Å². The monoisotopic (exact) mass is 344 g/mol. The van der Waals surface area contributed by atoms with E-state index in [0.29, 0.717) is 12.3 Å². The molecule has 1 heterocycles. The first-order valence-electron chi connectivity index (χ1n) is 5.86. The summed E-state index contributed by atoms with van der Waals surface area (Å²) in [6.45, 7) is 1.95. The number of aromatic nitrogens is 2. The average Bonchev–Trinajstić information content (AvgIpc) is 2.75. The molecule has 0 spiro atoms. The summed E-state index contributed by atoms with van der Waals surface area (Å²) >= 11 is 9.37. The van der Waals surface area contributed by atoms with Crippen LogP contribution in [0.25, 0.3) is 11.0 Å². The molecule has 1 atom stereocenters. The Kier molecular flexibility index (Phi) is 4.47. The third kappa shape index (κ3) is 2.92. The summed E-state index contributed by atoms with van der Waals surface area (Å²) in [4.78, 5) is 15.9. The molecule has 2 rings (SSSR count). The van der Waals surface area contributed by atoms with E-state index >= 15 is 0 Å². The maximum atomic E-state index is 11.4. The predicted molar refractivity (Wildman–Crippen MR) is 78.3 cm³/mol. The molecule has 0 aliphatic carbocycles. The fraction of sp³-hybridized carbons (Fsp3) is 0.385. The van der Waals surface area contributed by atoms with Crippen LogP contribution in [0.2, 0.25) is 0 Å². The highest BCUT2D eigenvalue weighted by Gasteiger charge is 2.18. The average molecular weight is 346 g/mol. The number of halogens is 2. The molecule has 4 nitrogen and oxygen atoms in total. The summed E-state index contributed by atoms with van der Waals surface area (Å²) in [5.74, 6) is 0.816. The van der Waals surface area contributed by atoms with Gasteiger partial charge in [0.15, 0.2) is 0 Å². The van der Waals surface area contributed by atoms with E-state index in [1.807, 2.05) is 29.7 Å². The van der Waals surface area contributed by atoms with Crippen LogP contribution < -0.4 is 0 Å². The Morgan fingerprint density at radius 2 is 2.32 bits per heavy atom. The first-order valence-corrected chi connectivity index (χ1v) is 7.18. The molecule has 1 unspecified atom stereocenters. The van der Waals surface area contributed by atoms with Gasteiger partial charge in [-0.15, -0.1) is 11.6 Å². The lowest BCUT2D eigenvalue weighted by Crippen LogP contribution is -2.14. The van der Waals surface area contributed by atoms with Crippen LogP contribution in [0, 0.1) is 0 Å². The second-order valence-corrected chi connectivity index (χ2v) is 5.48. The molecular formula is C13H14BrClN2O2. The van der Waals surface area contributed by atoms with Crippen molar-refractivity contribution >= 4 is 44.5 Å². The van der Waals surface area contributed by atoms with Crippen LogP contribution >= 0.6 is 27.5 Å². The van der Waals surface area contributed by atoms with E-state index in [1.165, 1.54) is 7.11 Å². The maximum Gasteiger partial charge on any atom is 0.307 e. The van der Waals surface area contributed by atoms with Crippen molar-refractivity contribution < 1.29 is 9.53 Å². The number of carbonyl (C=O) groups is 1. The minimum atomic E-state index is -0.244. The second kappa shape index (κ2) is 5.92. The second-order valence-electron chi connectivity index (χ2n) is 4.29. The zero-order chi connectivity index (χ0) is 14.0. The number of methoxy groups -OCH3 is 1. The molecular weight excluding hydrogens is 332 g/mol. The topological polar surface area (TPSA) is 44.1 Å². The summed E-state index contributed by atoms with van der Waals surface area (Å²) in [6, 6.07) is 5.80. The van der Waals surface area contributed by atoms with Crippen molar-refractivity contribution in [1.82, 2.24) is 9.55 Å². The highest BCUT2D eigenvalue weighted by molar-refractivity contribution is 9.10. The van der Waals surface area contributed by atoms with Gasteiger partial charge in [-0.25, -0.2) is 4.98 Å². The van der Waals surface area contributed by atoms with Gasteiger partial charge in [0.1, 0.15) is 5.82 Å². The molecule has 0 N–H and O–H groups in total. The number of alkyl halides is 1. The molecule has 0 amide bonds. The maximum absolute atomic E-state index is 11.4. The Hall–Kier alpha value is -1.07. The molecule has 0 saturated heterocycles. The summed E-state index contributed by atoms with van der Waals surface area (Å²) < 4.78 is 7.67. The first-order chi connectivity index (χ1) is 9.06. The molecule has 1 aromatic heterocycles. The van der Waals surface area contributed by atoms with Crippen molar-refractivity contribution in [2.24, 2.45) is 0 Å². The summed E-state index contributed by atoms with van der Waals surface area (Å²) in [5.41, 5.74) is 1.83. The van der Waals surface area contributed by atoms with Gasteiger partial charge < -0.3 is 9.30 Å². The molecule has 0 bridgehead atoms. The molecule has 0 aliphatic heterocycles. The largest absolute Gasteiger partial charge is 0.469 e. The lowest BCUT2D eigenvalue weighted by Gasteiger charge is -2.15. The van der Waals surface area contributed by atoms with Crippen LogP contribution in [0.1, 0.15) is 25.2 Å². The molecule has 19 heavy (non-hydrogen) atoms. The van der Waals surface area contributed by atoms with Gasteiger partial charge in [0, 0.05) is 10.5 Å². The summed E-state index contributed by atoms with van der Waals surface area (Å²) in [6.07, 6.45) is 0.294. The lowest BCUT2D eigenvalue weighted by atomic mass is 10.2. The van der Waals surface area contributed by atoms with Crippen LogP contribution in [0.4, 0.5) is 0 Å². The third-order valence-electron chi connectivity index (χ3n) is 2.97. The minimum Gasteiger partial charge on any atom is -0.469 e. The molecule has 0 aliphatic rings. The molecule has 0 fully saturated rings. The summed E-state index contributed by atoms with van der Waals surface area (Å²) in [7, 11) is 1.39. The van der Waals surface area contributed by atoms with Gasteiger partial charge in [-0.2, -0.15) is 0 Å². The van der Waals surface area contributed by atoms with Crippen molar-refractivity contribution in [3.63, 3.8) is 0 Å². The zero-order valence-corrected chi connectivity index (χ0v) is 13.0. The smallest absolute Gasteiger partial charge is 0.307 e. The van der Waals surface area contributed by atoms with E-state index in [-0.39, 0.29) is 12.0 Å². The molecule has 0 radical (unpaired) electrons. The highest BCUT2D eigenvalue weighted by atomic mass is 79.9. The van der Waals surface area contributed by atoms with Crippen LogP contribution in [0.5, 0.6) is 0 Å². The van der Waals surface area contributed by atoms with E-state index in [4.69, 9.17) is 16.3 Å². The highest BCUT2D eigenvalue weighted by Crippen LogP contribution is 2.26. The fourth-order valence-electron chi connectivity index (χ4n) is 2.12. The molecule has 6 heteroatoms. The molecule has 0 saturated carbocycles. The summed E-state index contributed by atoms with van der Waals surface area (Å²) in [5, 5.41) is 0. The Balaban J connectivity index is 2.48. The van der Waals surface area contributed by atoms with E-state index in [9.17, 15) is 4.79 Å². The number of nitrogens with zero attached hydrogens (tertiary/aromatic N) is 2. The van der Waals surface area contributed by atoms with Crippen molar-refractivity contribution in [2.75, 3.05) is 7.11 Å². The fourth-order valence-corrected chi connectivity index (χ4v) is 2.66. The van der Waals surface area contributed by atoms with E-state index in [0.717, 1.165) is 21.3 Å². The van der Waals surface area contributed by atoms with Gasteiger partial charge in [0.25, 0.3) is 0 Å². The van der Waals surface area contributed by atoms with Gasteiger partial charge in [-0.05, 0) is 25.1 Å². The number of esters is 1. The molecule has 1 aromatic carbocycles. The van der Waals surface area contributed by atoms with Gasteiger partial charge in [-0.3, -0.25) is 4.79 Å². The van der Waals surface area contributed by atoms with Gasteiger partial charge in [0.05, 0.1) is 30.4 Å². The number of fused-ring (bicyclic) bond motifs is 1. The van der Waals surface area contributed by atoms with E-state index in [1.54, 1.807) is 0 Å². The Morgan fingerprint density at radius 1 is 1.58 bits per heavy atom. The SMILES string of the molecule is COC(=O)CC(C)n1c(CCl)nc2cc(Br)ccc21. The van der Waals surface area contributed by atoms with Crippen molar-refractivity contribution in [3.8, 4) is 0 Å². The standard InChI is InChI=1S/C13H14BrClN2O2/c1-8(5-13(18)19-2)17-11-4-3-9(14)6-10(11)16-12(17)7-15/h3-4,6,8H,5,7H2,1-2H3. The lowest BCUT2D eigenvalue weighted by molar-refractivity contribution is -0.141. The Morgan fingerprint density at radius 3 is 2.95 bits per heavy atom. The van der Waals surface area contributed by atoms with E-state index < -0.39 is 0 Å². The number of imidazole rings is 1.